The molecule has 4 rings (SSSR count). The predicted molar refractivity (Wildman–Crippen MR) is 148 cm³/mol. The van der Waals surface area contributed by atoms with Crippen molar-refractivity contribution in [3.05, 3.63) is 81.5 Å². The number of methoxy groups -OCH3 is 1. The van der Waals surface area contributed by atoms with E-state index >= 15 is 0 Å². The quantitative estimate of drug-likeness (QED) is 0.341. The topological polar surface area (TPSA) is 59.1 Å². The fraction of sp³-hybridized carbons (Fsp3) is 0.400. The first-order chi connectivity index (χ1) is 17.9. The number of aryl methyl sites for hydroxylation is 1. The van der Waals surface area contributed by atoms with Crippen LogP contribution in [0.1, 0.15) is 52.7 Å². The second-order valence-corrected chi connectivity index (χ2v) is 10.7. The van der Waals surface area contributed by atoms with Gasteiger partial charge in [-0.05, 0) is 60.5 Å². The molecule has 0 unspecified atom stereocenters. The summed E-state index contributed by atoms with van der Waals surface area (Å²) in [5.41, 5.74) is 2.83. The minimum atomic E-state index is -0.229. The van der Waals surface area contributed by atoms with Crippen LogP contribution in [0.25, 0.3) is 0 Å². The van der Waals surface area contributed by atoms with Gasteiger partial charge >= 0.3 is 0 Å². The van der Waals surface area contributed by atoms with Crippen LogP contribution in [0.15, 0.2) is 60.0 Å². The Morgan fingerprint density at radius 2 is 1.84 bits per heavy atom. The number of rotatable bonds is 10. The minimum Gasteiger partial charge on any atom is -0.493 e. The fourth-order valence-corrected chi connectivity index (χ4v) is 5.57. The van der Waals surface area contributed by atoms with Gasteiger partial charge in [0.2, 0.25) is 5.91 Å². The van der Waals surface area contributed by atoms with Crippen molar-refractivity contribution >= 4 is 23.2 Å². The summed E-state index contributed by atoms with van der Waals surface area (Å²) in [5.74, 6) is 1.42. The van der Waals surface area contributed by atoms with Crippen molar-refractivity contribution in [2.45, 2.75) is 39.7 Å². The lowest BCUT2D eigenvalue weighted by atomic mass is 10.00. The molecule has 3 aromatic rings. The highest BCUT2D eigenvalue weighted by Gasteiger charge is 2.34. The van der Waals surface area contributed by atoms with Crippen LogP contribution in [-0.2, 0) is 11.2 Å². The van der Waals surface area contributed by atoms with E-state index in [-0.39, 0.29) is 30.3 Å². The van der Waals surface area contributed by atoms with E-state index in [4.69, 9.17) is 9.47 Å². The third-order valence-electron chi connectivity index (χ3n) is 7.02. The van der Waals surface area contributed by atoms with Crippen molar-refractivity contribution in [2.24, 2.45) is 5.92 Å². The molecule has 0 radical (unpaired) electrons. The molecule has 1 aliphatic heterocycles. The molecule has 0 fully saturated rings. The van der Waals surface area contributed by atoms with E-state index in [1.54, 1.807) is 23.3 Å². The summed E-state index contributed by atoms with van der Waals surface area (Å²) in [6.45, 7) is 7.71. The van der Waals surface area contributed by atoms with Gasteiger partial charge in [-0.3, -0.25) is 9.59 Å². The number of amides is 2. The molecule has 0 N–H and O–H groups in total. The van der Waals surface area contributed by atoms with Crippen molar-refractivity contribution in [2.75, 3.05) is 33.4 Å². The zero-order valence-corrected chi connectivity index (χ0v) is 22.9. The van der Waals surface area contributed by atoms with Gasteiger partial charge in [-0.25, -0.2) is 0 Å². The Kier molecular flexibility index (Phi) is 8.87. The second kappa shape index (κ2) is 12.3. The number of carbonyl (C=O) groups excluding carboxylic acids is 2. The van der Waals surface area contributed by atoms with Crippen LogP contribution in [-0.4, -0.2) is 55.0 Å². The largest absolute Gasteiger partial charge is 0.493 e. The molecular formula is C30H36N2O4S. The van der Waals surface area contributed by atoms with Gasteiger partial charge in [0.1, 0.15) is 13.2 Å². The van der Waals surface area contributed by atoms with Gasteiger partial charge in [-0.15, -0.1) is 11.3 Å². The van der Waals surface area contributed by atoms with E-state index in [0.29, 0.717) is 36.8 Å². The highest BCUT2D eigenvalue weighted by Crippen LogP contribution is 2.35. The Hall–Kier alpha value is -3.32. The minimum absolute atomic E-state index is 0.0433. The van der Waals surface area contributed by atoms with Crippen molar-refractivity contribution < 1.29 is 19.1 Å². The van der Waals surface area contributed by atoms with Crippen molar-refractivity contribution in [3.63, 3.8) is 0 Å². The molecule has 0 saturated carbocycles. The fourth-order valence-electron chi connectivity index (χ4n) is 4.64. The molecule has 1 aliphatic rings. The van der Waals surface area contributed by atoms with Crippen molar-refractivity contribution in [3.8, 4) is 11.5 Å². The average Bonchev–Trinajstić information content (AvgIpc) is 3.40. The van der Waals surface area contributed by atoms with Gasteiger partial charge < -0.3 is 19.3 Å². The predicted octanol–water partition coefficient (Wildman–Crippen LogP) is 5.76. The zero-order valence-electron chi connectivity index (χ0n) is 22.1. The van der Waals surface area contributed by atoms with Gasteiger partial charge in [0, 0.05) is 23.5 Å². The first kappa shape index (κ1) is 26.7. The third kappa shape index (κ3) is 6.34. The van der Waals surface area contributed by atoms with Gasteiger partial charge in [0.15, 0.2) is 11.5 Å². The normalized spacial score (nSPS) is 15.6. The number of carbonyl (C=O) groups is 2. The molecule has 1 aromatic heterocycles. The maximum absolute atomic E-state index is 13.8. The van der Waals surface area contributed by atoms with Crippen LogP contribution in [0.2, 0.25) is 0 Å². The molecule has 0 bridgehead atoms. The molecule has 0 spiro atoms. The summed E-state index contributed by atoms with van der Waals surface area (Å²) >= 11 is 1.72. The number of benzene rings is 2. The van der Waals surface area contributed by atoms with Crippen LogP contribution in [0.3, 0.4) is 0 Å². The Balaban J connectivity index is 1.55. The number of fused-ring (bicyclic) bond motifs is 1. The van der Waals surface area contributed by atoms with E-state index in [1.165, 1.54) is 4.88 Å². The zero-order chi connectivity index (χ0) is 26.4. The first-order valence-corrected chi connectivity index (χ1v) is 13.8. The molecule has 196 valence electrons. The molecule has 2 aromatic carbocycles. The Morgan fingerprint density at radius 3 is 2.54 bits per heavy atom. The first-order valence-electron chi connectivity index (χ1n) is 12.9. The highest BCUT2D eigenvalue weighted by atomic mass is 32.1. The summed E-state index contributed by atoms with van der Waals surface area (Å²) in [7, 11) is 1.62. The number of nitrogens with zero attached hydrogens (tertiary/aromatic N) is 2. The molecule has 37 heavy (non-hydrogen) atoms. The molecule has 2 heterocycles. The Morgan fingerprint density at radius 1 is 1.11 bits per heavy atom. The van der Waals surface area contributed by atoms with E-state index in [1.807, 2.05) is 60.4 Å². The number of para-hydroxylation sites is 2. The smallest absolute Gasteiger partial charge is 0.254 e. The molecule has 7 heteroatoms. The van der Waals surface area contributed by atoms with Gasteiger partial charge in [-0.1, -0.05) is 50.1 Å². The van der Waals surface area contributed by atoms with Crippen molar-refractivity contribution in [1.82, 2.24) is 9.80 Å². The summed E-state index contributed by atoms with van der Waals surface area (Å²) in [6, 6.07) is 16.9. The summed E-state index contributed by atoms with van der Waals surface area (Å²) in [4.78, 5) is 32.1. The Labute approximate surface area is 223 Å². The van der Waals surface area contributed by atoms with Crippen LogP contribution >= 0.6 is 11.3 Å². The summed E-state index contributed by atoms with van der Waals surface area (Å²) in [5, 5.41) is 2.07. The van der Waals surface area contributed by atoms with Crippen LogP contribution in [0.4, 0.5) is 0 Å². The average molecular weight is 521 g/mol. The number of ether oxygens (including phenoxy) is 2. The molecule has 2 atom stereocenters. The van der Waals surface area contributed by atoms with Crippen LogP contribution in [0, 0.1) is 12.8 Å². The monoisotopic (exact) mass is 520 g/mol. The maximum atomic E-state index is 13.8. The maximum Gasteiger partial charge on any atom is 0.254 e. The Bertz CT molecular complexity index is 1210. The van der Waals surface area contributed by atoms with Gasteiger partial charge in [0.05, 0.1) is 13.2 Å². The standard InChI is InChI=1S/C30H36N2O4S/c1-5-21(2)18-31(30(34)23-12-10-22(3)11-13-23)19-29(33)32-16-14-28-24(15-17-37-28)25(32)20-36-27-9-7-6-8-26(27)35-4/h6-13,15,17,21,25H,5,14,16,18-20H2,1-4H3/t21-,25+/m0/s1. The van der Waals surface area contributed by atoms with Gasteiger partial charge in [-0.2, -0.15) is 0 Å². The lowest BCUT2D eigenvalue weighted by molar-refractivity contribution is -0.135. The van der Waals surface area contributed by atoms with Crippen LogP contribution in [0.5, 0.6) is 11.5 Å². The SMILES string of the molecule is CC[C@H](C)CN(CC(=O)N1CCc2sccc2[C@H]1COc1ccccc1OC)C(=O)c1ccc(C)cc1. The van der Waals surface area contributed by atoms with Gasteiger partial charge in [0.25, 0.3) is 5.91 Å². The van der Waals surface area contributed by atoms with Crippen molar-refractivity contribution in [1.29, 1.82) is 0 Å². The van der Waals surface area contributed by atoms with Crippen LogP contribution < -0.4 is 9.47 Å². The lowest BCUT2D eigenvalue weighted by Crippen LogP contribution is -2.48. The third-order valence-corrected chi connectivity index (χ3v) is 8.02. The number of hydrogen-bond donors (Lipinski definition) is 0. The number of thiophene rings is 1. The van der Waals surface area contributed by atoms with E-state index in [9.17, 15) is 9.59 Å². The number of hydrogen-bond acceptors (Lipinski definition) is 5. The summed E-state index contributed by atoms with van der Waals surface area (Å²) in [6.07, 6.45) is 1.74. The lowest BCUT2D eigenvalue weighted by Gasteiger charge is -2.37. The molecule has 0 aliphatic carbocycles. The second-order valence-electron chi connectivity index (χ2n) is 9.68. The summed E-state index contributed by atoms with van der Waals surface area (Å²) < 4.78 is 11.6. The van der Waals surface area contributed by atoms with E-state index < -0.39 is 0 Å². The molecule has 6 nitrogen and oxygen atoms in total. The van der Waals surface area contributed by atoms with E-state index in [0.717, 1.165) is 24.0 Å². The highest BCUT2D eigenvalue weighted by molar-refractivity contribution is 7.10. The molecular weight excluding hydrogens is 484 g/mol. The molecule has 0 saturated heterocycles. The molecule has 2 amide bonds. The van der Waals surface area contributed by atoms with E-state index in [2.05, 4.69) is 25.3 Å².